The van der Waals surface area contributed by atoms with E-state index in [-0.39, 0.29) is 40.6 Å². The number of rotatable bonds is 12. The van der Waals surface area contributed by atoms with Gasteiger partial charge in [-0.25, -0.2) is 8.42 Å². The van der Waals surface area contributed by atoms with Crippen molar-refractivity contribution in [3.05, 3.63) is 62.2 Å². The number of carbonyl (C=O) groups is 1. The number of amides is 1. The van der Waals surface area contributed by atoms with Crippen LogP contribution in [0.4, 0.5) is 22.7 Å². The Labute approximate surface area is 189 Å². The van der Waals surface area contributed by atoms with E-state index in [1.54, 1.807) is 0 Å². The Balaban J connectivity index is 2.01. The largest absolute Gasteiger partial charge is 0.383 e. The van der Waals surface area contributed by atoms with E-state index >= 15 is 0 Å². The zero-order chi connectivity index (χ0) is 24.6. The molecule has 0 unspecified atom stereocenters. The van der Waals surface area contributed by atoms with Gasteiger partial charge in [0.1, 0.15) is 11.4 Å². The Morgan fingerprint density at radius 2 is 1.52 bits per heavy atom. The van der Waals surface area contributed by atoms with E-state index in [2.05, 4.69) is 16.0 Å². The van der Waals surface area contributed by atoms with Gasteiger partial charge in [-0.05, 0) is 24.3 Å². The number of benzene rings is 2. The van der Waals surface area contributed by atoms with Crippen molar-refractivity contribution >= 4 is 38.5 Å². The van der Waals surface area contributed by atoms with E-state index < -0.39 is 31.3 Å². The molecule has 33 heavy (non-hydrogen) atoms. The van der Waals surface area contributed by atoms with E-state index in [1.165, 1.54) is 31.4 Å². The number of ether oxygens (including phenoxy) is 1. The minimum atomic E-state index is -3.61. The number of hydrogen-bond acceptors (Lipinski definition) is 10. The summed E-state index contributed by atoms with van der Waals surface area (Å²) in [6, 6.07) is 7.47. The molecule has 0 saturated heterocycles. The number of nitrogens with zero attached hydrogens (tertiary/aromatic N) is 2. The van der Waals surface area contributed by atoms with Crippen molar-refractivity contribution in [2.24, 2.45) is 0 Å². The third kappa shape index (κ3) is 7.11. The van der Waals surface area contributed by atoms with Gasteiger partial charge in [0.15, 0.2) is 9.84 Å². The summed E-state index contributed by atoms with van der Waals surface area (Å²) in [4.78, 5) is 33.4. The van der Waals surface area contributed by atoms with Gasteiger partial charge < -0.3 is 20.7 Å². The second-order valence-corrected chi connectivity index (χ2v) is 8.82. The van der Waals surface area contributed by atoms with Gasteiger partial charge >= 0.3 is 0 Å². The number of carbonyl (C=O) groups excluding carboxylic acids is 1. The van der Waals surface area contributed by atoms with Crippen LogP contribution in [-0.2, 0) is 14.6 Å². The first-order chi connectivity index (χ1) is 15.5. The lowest BCUT2D eigenvalue weighted by Gasteiger charge is -2.10. The van der Waals surface area contributed by atoms with Crippen molar-refractivity contribution in [3.63, 3.8) is 0 Å². The monoisotopic (exact) mass is 481 g/mol. The van der Waals surface area contributed by atoms with Crippen molar-refractivity contribution in [2.75, 3.05) is 50.2 Å². The fraction of sp³-hybridized carbons (Fsp3) is 0.316. The molecule has 0 aliphatic heterocycles. The molecule has 0 aliphatic carbocycles. The van der Waals surface area contributed by atoms with E-state index in [0.29, 0.717) is 13.2 Å². The summed E-state index contributed by atoms with van der Waals surface area (Å²) < 4.78 is 28.1. The quantitative estimate of drug-likeness (QED) is 0.229. The van der Waals surface area contributed by atoms with Crippen LogP contribution < -0.4 is 16.0 Å². The molecule has 2 aromatic rings. The van der Waals surface area contributed by atoms with Gasteiger partial charge in [0.05, 0.1) is 21.3 Å². The van der Waals surface area contributed by atoms with E-state index in [9.17, 15) is 33.4 Å². The molecule has 0 aromatic heterocycles. The van der Waals surface area contributed by atoms with Crippen molar-refractivity contribution in [2.45, 2.75) is 4.90 Å². The van der Waals surface area contributed by atoms with Crippen LogP contribution in [0.2, 0.25) is 0 Å². The van der Waals surface area contributed by atoms with Crippen LogP contribution >= 0.6 is 0 Å². The predicted octanol–water partition coefficient (Wildman–Crippen LogP) is 1.81. The summed E-state index contributed by atoms with van der Waals surface area (Å²) in [6.07, 6.45) is 0.946. The lowest BCUT2D eigenvalue weighted by molar-refractivity contribution is -0.384. The van der Waals surface area contributed by atoms with Gasteiger partial charge in [-0.3, -0.25) is 25.0 Å². The topological polar surface area (TPSA) is 183 Å². The van der Waals surface area contributed by atoms with E-state index in [4.69, 9.17) is 4.74 Å². The first-order valence-electron chi connectivity index (χ1n) is 9.56. The lowest BCUT2D eigenvalue weighted by Crippen LogP contribution is -2.29. The van der Waals surface area contributed by atoms with E-state index in [0.717, 1.165) is 18.4 Å². The number of hydrogen-bond donors (Lipinski definition) is 3. The Morgan fingerprint density at radius 3 is 2.09 bits per heavy atom. The second kappa shape index (κ2) is 11.2. The fourth-order valence-corrected chi connectivity index (χ4v) is 3.42. The van der Waals surface area contributed by atoms with Gasteiger partial charge in [0.2, 0.25) is 0 Å². The summed E-state index contributed by atoms with van der Waals surface area (Å²) in [5, 5.41) is 30.8. The first kappa shape index (κ1) is 25.5. The van der Waals surface area contributed by atoms with Crippen LogP contribution in [0.3, 0.4) is 0 Å². The number of methoxy groups -OCH3 is 1. The lowest BCUT2D eigenvalue weighted by atomic mass is 10.1. The SMILES string of the molecule is COCCNc1ccc(C(=O)NCCNc2ccc(S(C)(=O)=O)cc2[N+](=O)[O-])cc1[N+](=O)[O-]. The third-order valence-electron chi connectivity index (χ3n) is 4.40. The molecular weight excluding hydrogens is 458 g/mol. The first-order valence-corrected chi connectivity index (χ1v) is 11.5. The van der Waals surface area contributed by atoms with Gasteiger partial charge in [0.25, 0.3) is 17.3 Å². The van der Waals surface area contributed by atoms with Gasteiger partial charge in [-0.2, -0.15) is 0 Å². The summed E-state index contributed by atoms with van der Waals surface area (Å²) in [5.41, 5.74) is -0.277. The molecule has 0 bridgehead atoms. The van der Waals surface area contributed by atoms with Crippen molar-refractivity contribution in [1.82, 2.24) is 5.32 Å². The maximum Gasteiger partial charge on any atom is 0.293 e. The highest BCUT2D eigenvalue weighted by atomic mass is 32.2. The maximum absolute atomic E-state index is 12.4. The fourth-order valence-electron chi connectivity index (χ4n) is 2.78. The number of nitro groups is 2. The molecule has 2 rings (SSSR count). The maximum atomic E-state index is 12.4. The Kier molecular flexibility index (Phi) is 8.64. The molecule has 0 radical (unpaired) electrons. The molecule has 0 aliphatic rings. The number of anilines is 2. The minimum absolute atomic E-state index is 0.0471. The van der Waals surface area contributed by atoms with Crippen LogP contribution in [-0.4, -0.2) is 63.8 Å². The van der Waals surface area contributed by atoms with Gasteiger partial charge in [0, 0.05) is 50.7 Å². The molecule has 2 aromatic carbocycles. The molecule has 0 spiro atoms. The molecule has 0 atom stereocenters. The molecule has 3 N–H and O–H groups in total. The Morgan fingerprint density at radius 1 is 0.939 bits per heavy atom. The smallest absolute Gasteiger partial charge is 0.293 e. The summed E-state index contributed by atoms with van der Waals surface area (Å²) >= 11 is 0. The molecule has 178 valence electrons. The second-order valence-electron chi connectivity index (χ2n) is 6.80. The van der Waals surface area contributed by atoms with E-state index in [1.807, 2.05) is 0 Å². The molecule has 0 saturated carbocycles. The van der Waals surface area contributed by atoms with Gasteiger partial charge in [-0.1, -0.05) is 0 Å². The van der Waals surface area contributed by atoms with Crippen molar-refractivity contribution < 1.29 is 27.8 Å². The predicted molar refractivity (Wildman–Crippen MR) is 120 cm³/mol. The Hall–Kier alpha value is -3.78. The molecule has 13 nitrogen and oxygen atoms in total. The van der Waals surface area contributed by atoms with Crippen LogP contribution in [0.5, 0.6) is 0 Å². The molecular formula is C19H23N5O8S. The zero-order valence-electron chi connectivity index (χ0n) is 17.9. The normalized spacial score (nSPS) is 11.0. The zero-order valence-corrected chi connectivity index (χ0v) is 18.7. The van der Waals surface area contributed by atoms with Crippen molar-refractivity contribution in [3.8, 4) is 0 Å². The van der Waals surface area contributed by atoms with Crippen LogP contribution in [0, 0.1) is 20.2 Å². The van der Waals surface area contributed by atoms with Crippen LogP contribution in [0.1, 0.15) is 10.4 Å². The number of nitro benzene ring substituents is 2. The summed E-state index contributed by atoms with van der Waals surface area (Å²) in [6.45, 7) is 0.836. The Bertz CT molecular complexity index is 1150. The molecule has 1 amide bonds. The molecule has 0 fully saturated rings. The minimum Gasteiger partial charge on any atom is -0.383 e. The van der Waals surface area contributed by atoms with Crippen LogP contribution in [0.25, 0.3) is 0 Å². The van der Waals surface area contributed by atoms with Crippen LogP contribution in [0.15, 0.2) is 41.3 Å². The molecule has 14 heteroatoms. The average Bonchev–Trinajstić information content (AvgIpc) is 2.76. The third-order valence-corrected chi connectivity index (χ3v) is 5.51. The number of sulfone groups is 1. The molecule has 0 heterocycles. The average molecular weight is 481 g/mol. The highest BCUT2D eigenvalue weighted by Crippen LogP contribution is 2.27. The summed E-state index contributed by atoms with van der Waals surface area (Å²) in [7, 11) is -2.11. The van der Waals surface area contributed by atoms with Crippen molar-refractivity contribution in [1.29, 1.82) is 0 Å². The standard InChI is InChI=1S/C19H23N5O8S/c1-32-10-9-21-15-5-3-13(11-17(15)23(26)27)19(25)22-8-7-20-16-6-4-14(33(2,30)31)12-18(16)24(28)29/h3-6,11-12,20-21H,7-10H2,1-2H3,(H,22,25). The highest BCUT2D eigenvalue weighted by molar-refractivity contribution is 7.90. The van der Waals surface area contributed by atoms with Gasteiger partial charge in [-0.15, -0.1) is 0 Å². The summed E-state index contributed by atoms with van der Waals surface area (Å²) in [5.74, 6) is -0.565. The number of nitrogens with one attached hydrogen (secondary N) is 3. The highest BCUT2D eigenvalue weighted by Gasteiger charge is 2.19.